The van der Waals surface area contributed by atoms with Crippen molar-refractivity contribution in [1.82, 2.24) is 9.13 Å². The summed E-state index contributed by atoms with van der Waals surface area (Å²) < 4.78 is 40.7. The molecular weight excluding hydrogens is 363 g/mol. The smallest absolute Gasteiger partial charge is 0.338 e. The molecule has 0 radical (unpaired) electrons. The van der Waals surface area contributed by atoms with Gasteiger partial charge in [-0.2, -0.15) is 13.2 Å². The summed E-state index contributed by atoms with van der Waals surface area (Å²) in [5.74, 6) is -0.582. The highest BCUT2D eigenvalue weighted by Gasteiger charge is 2.33. The zero-order valence-electron chi connectivity index (χ0n) is 14.6. The van der Waals surface area contributed by atoms with E-state index >= 15 is 0 Å². The lowest BCUT2D eigenvalue weighted by Gasteiger charge is -2.11. The fraction of sp³-hybridized carbons (Fsp3) is 0.278. The Labute approximate surface area is 151 Å². The second-order valence-corrected chi connectivity index (χ2v) is 6.16. The molecule has 1 aliphatic heterocycles. The quantitative estimate of drug-likeness (QED) is 0.833. The first kappa shape index (κ1) is 18.7. The summed E-state index contributed by atoms with van der Waals surface area (Å²) >= 11 is 0. The highest BCUT2D eigenvalue weighted by atomic mass is 19.4. The molecule has 2 aromatic rings. The molecule has 1 aromatic carbocycles. The van der Waals surface area contributed by atoms with Crippen LogP contribution in [-0.4, -0.2) is 14.9 Å². The van der Waals surface area contributed by atoms with Gasteiger partial charge < -0.3 is 5.32 Å². The zero-order chi connectivity index (χ0) is 19.9. The first-order valence-electron chi connectivity index (χ1n) is 8.19. The Morgan fingerprint density at radius 2 is 1.89 bits per heavy atom. The average molecular weight is 379 g/mol. The van der Waals surface area contributed by atoms with Crippen LogP contribution >= 0.6 is 0 Å². The van der Waals surface area contributed by atoms with Gasteiger partial charge in [-0.25, -0.2) is 4.79 Å². The predicted octanol–water partition coefficient (Wildman–Crippen LogP) is 2.63. The summed E-state index contributed by atoms with van der Waals surface area (Å²) in [6.07, 6.45) is -2.69. The fourth-order valence-electron chi connectivity index (χ4n) is 2.93. The number of fused-ring (bicyclic) bond motifs is 1. The van der Waals surface area contributed by atoms with Crippen molar-refractivity contribution in [2.24, 2.45) is 7.05 Å². The van der Waals surface area contributed by atoms with E-state index in [9.17, 15) is 27.6 Å². The molecule has 0 fully saturated rings. The van der Waals surface area contributed by atoms with Gasteiger partial charge in [-0.3, -0.25) is 18.7 Å². The molecule has 1 aromatic heterocycles. The largest absolute Gasteiger partial charge is 0.416 e. The van der Waals surface area contributed by atoms with Crippen LogP contribution in [0.4, 0.5) is 19.0 Å². The molecule has 0 aliphatic carbocycles. The van der Waals surface area contributed by atoms with Crippen molar-refractivity contribution in [3.63, 3.8) is 0 Å². The Morgan fingerprint density at radius 1 is 1.19 bits per heavy atom. The molecule has 0 spiro atoms. The first-order valence-corrected chi connectivity index (χ1v) is 8.19. The molecular formula is C18H16F3N3O3. The third kappa shape index (κ3) is 3.20. The molecule has 0 saturated carbocycles. The normalized spacial score (nSPS) is 15.1. The minimum atomic E-state index is -4.51. The van der Waals surface area contributed by atoms with Gasteiger partial charge in [0.15, 0.2) is 0 Å². The number of ketones is 1. The molecule has 0 unspecified atom stereocenters. The molecule has 1 N–H and O–H groups in total. The van der Waals surface area contributed by atoms with E-state index in [-0.39, 0.29) is 29.2 Å². The third-order valence-corrected chi connectivity index (χ3v) is 4.24. The second-order valence-electron chi connectivity index (χ2n) is 6.16. The van der Waals surface area contributed by atoms with Gasteiger partial charge in [0, 0.05) is 13.6 Å². The number of nitrogens with zero attached hydrogens (tertiary/aromatic N) is 2. The number of carbonyl (C=O) groups excluding carboxylic acids is 1. The van der Waals surface area contributed by atoms with E-state index in [4.69, 9.17) is 0 Å². The number of hydrogen-bond donors (Lipinski definition) is 1. The molecule has 9 heteroatoms. The van der Waals surface area contributed by atoms with Crippen LogP contribution in [0, 0.1) is 0 Å². The van der Waals surface area contributed by atoms with E-state index in [0.29, 0.717) is 6.42 Å². The van der Waals surface area contributed by atoms with Crippen LogP contribution in [0.3, 0.4) is 0 Å². The van der Waals surface area contributed by atoms with Gasteiger partial charge in [-0.1, -0.05) is 19.1 Å². The number of benzene rings is 1. The van der Waals surface area contributed by atoms with Crippen molar-refractivity contribution in [2.45, 2.75) is 26.1 Å². The Balaban J connectivity index is 2.12. The van der Waals surface area contributed by atoms with E-state index in [1.807, 2.05) is 6.92 Å². The molecule has 0 atom stereocenters. The van der Waals surface area contributed by atoms with Gasteiger partial charge >= 0.3 is 11.9 Å². The topological polar surface area (TPSA) is 73.1 Å². The van der Waals surface area contributed by atoms with E-state index < -0.39 is 28.8 Å². The van der Waals surface area contributed by atoms with Crippen LogP contribution in [0.15, 0.2) is 39.6 Å². The van der Waals surface area contributed by atoms with E-state index in [0.717, 1.165) is 16.7 Å². The van der Waals surface area contributed by atoms with Gasteiger partial charge in [-0.15, -0.1) is 0 Å². The van der Waals surface area contributed by atoms with Gasteiger partial charge in [0.05, 0.1) is 11.3 Å². The van der Waals surface area contributed by atoms with Crippen molar-refractivity contribution in [3.8, 4) is 0 Å². The minimum Gasteiger partial charge on any atom is -0.338 e. The number of nitrogens with one attached hydrogen (secondary N) is 1. The first-order chi connectivity index (χ1) is 12.6. The number of rotatable bonds is 3. The Kier molecular flexibility index (Phi) is 4.54. The molecule has 0 amide bonds. The second kappa shape index (κ2) is 6.57. The van der Waals surface area contributed by atoms with Gasteiger partial charge in [-0.05, 0) is 30.2 Å². The van der Waals surface area contributed by atoms with Crippen molar-refractivity contribution in [1.29, 1.82) is 0 Å². The number of aromatic nitrogens is 2. The Bertz CT molecular complexity index is 1080. The van der Waals surface area contributed by atoms with Crippen LogP contribution in [0.25, 0.3) is 6.08 Å². The zero-order valence-corrected chi connectivity index (χ0v) is 14.6. The summed E-state index contributed by atoms with van der Waals surface area (Å²) in [4.78, 5) is 37.3. The standard InChI is InChI=1S/C18H16F3N3O3/c1-3-7-24-15-13(16(26)23(2)17(24)27)14(25)12(22-15)9-10-5-4-6-11(8-10)18(19,20)21/h4-6,8-9,22H,3,7H2,1-2H3. The summed E-state index contributed by atoms with van der Waals surface area (Å²) in [5.41, 5.74) is -2.26. The van der Waals surface area contributed by atoms with Crippen molar-refractivity contribution in [2.75, 3.05) is 5.32 Å². The van der Waals surface area contributed by atoms with Gasteiger partial charge in [0.2, 0.25) is 5.78 Å². The summed E-state index contributed by atoms with van der Waals surface area (Å²) in [6, 6.07) is 4.47. The maximum atomic E-state index is 12.9. The highest BCUT2D eigenvalue weighted by Crippen LogP contribution is 2.31. The van der Waals surface area contributed by atoms with Gasteiger partial charge in [0.25, 0.3) is 5.56 Å². The number of hydrogen-bond acceptors (Lipinski definition) is 4. The average Bonchev–Trinajstić information content (AvgIpc) is 2.93. The Morgan fingerprint density at radius 3 is 2.52 bits per heavy atom. The maximum absolute atomic E-state index is 12.9. The summed E-state index contributed by atoms with van der Waals surface area (Å²) in [7, 11) is 1.28. The molecule has 6 nitrogen and oxygen atoms in total. The van der Waals surface area contributed by atoms with E-state index in [2.05, 4.69) is 5.32 Å². The fourth-order valence-corrected chi connectivity index (χ4v) is 2.93. The molecule has 142 valence electrons. The maximum Gasteiger partial charge on any atom is 0.416 e. The third-order valence-electron chi connectivity index (χ3n) is 4.24. The number of carbonyl (C=O) groups is 1. The van der Waals surface area contributed by atoms with E-state index in [1.165, 1.54) is 29.8 Å². The van der Waals surface area contributed by atoms with Crippen LogP contribution in [0.1, 0.15) is 34.8 Å². The number of allylic oxidation sites excluding steroid dienone is 1. The predicted molar refractivity (Wildman–Crippen MR) is 93.6 cm³/mol. The summed E-state index contributed by atoms with van der Waals surface area (Å²) in [5, 5.41) is 2.73. The minimum absolute atomic E-state index is 0.0584. The monoisotopic (exact) mass is 379 g/mol. The molecule has 0 saturated heterocycles. The van der Waals surface area contributed by atoms with E-state index in [1.54, 1.807) is 0 Å². The lowest BCUT2D eigenvalue weighted by atomic mass is 10.1. The molecule has 0 bridgehead atoms. The molecule has 2 heterocycles. The van der Waals surface area contributed by atoms with Crippen LogP contribution in [-0.2, 0) is 19.8 Å². The number of anilines is 1. The molecule has 27 heavy (non-hydrogen) atoms. The van der Waals surface area contributed by atoms with Crippen LogP contribution in [0.2, 0.25) is 0 Å². The van der Waals surface area contributed by atoms with Crippen LogP contribution in [0.5, 0.6) is 0 Å². The SMILES string of the molecule is CCCn1c2c(c(=O)n(C)c1=O)C(=O)C(=Cc1cccc(C(F)(F)F)c1)N2. The molecule has 1 aliphatic rings. The molecule has 3 rings (SSSR count). The van der Waals surface area contributed by atoms with Crippen molar-refractivity contribution >= 4 is 17.7 Å². The van der Waals surface area contributed by atoms with Crippen molar-refractivity contribution in [3.05, 3.63) is 67.5 Å². The number of halogens is 3. The number of Topliss-reactive ketones (excluding diaryl/α,β-unsaturated/α-hetero) is 1. The van der Waals surface area contributed by atoms with Gasteiger partial charge in [0.1, 0.15) is 11.4 Å². The van der Waals surface area contributed by atoms with Crippen molar-refractivity contribution < 1.29 is 18.0 Å². The summed E-state index contributed by atoms with van der Waals surface area (Å²) in [6.45, 7) is 2.12. The number of alkyl halides is 3. The highest BCUT2D eigenvalue weighted by molar-refractivity contribution is 6.19. The van der Waals surface area contributed by atoms with Crippen LogP contribution < -0.4 is 16.6 Å². The lowest BCUT2D eigenvalue weighted by Crippen LogP contribution is -2.40. The Hall–Kier alpha value is -3.10. The lowest BCUT2D eigenvalue weighted by molar-refractivity contribution is -0.137.